The number of halogens is 2. The lowest BCUT2D eigenvalue weighted by molar-refractivity contribution is -0.0511. The van der Waals surface area contributed by atoms with Crippen LogP contribution in [0.5, 0.6) is 5.88 Å². The molecule has 0 aliphatic heterocycles. The first-order chi connectivity index (χ1) is 14.1. The molecule has 3 N–H and O–H groups in total. The molecule has 1 aliphatic carbocycles. The van der Waals surface area contributed by atoms with Gasteiger partial charge in [0.1, 0.15) is 23.8 Å². The van der Waals surface area contributed by atoms with Crippen LogP contribution in [0.3, 0.4) is 0 Å². The minimum absolute atomic E-state index is 0.0382. The van der Waals surface area contributed by atoms with Crippen LogP contribution in [0.4, 0.5) is 20.5 Å². The number of aliphatic hydroxyl groups is 1. The Morgan fingerprint density at radius 1 is 1.37 bits per heavy atom. The molecule has 1 aliphatic rings. The van der Waals surface area contributed by atoms with Crippen LogP contribution >= 0.6 is 0 Å². The zero-order chi connectivity index (χ0) is 21.9. The van der Waals surface area contributed by atoms with Crippen molar-refractivity contribution in [1.82, 2.24) is 19.9 Å². The van der Waals surface area contributed by atoms with Crippen molar-refractivity contribution >= 4 is 11.8 Å². The molecular formula is C19H23F2N7O2. The summed E-state index contributed by atoms with van der Waals surface area (Å²) >= 11 is 0. The molecule has 0 saturated heterocycles. The van der Waals surface area contributed by atoms with Gasteiger partial charge in [-0.05, 0) is 6.42 Å². The fourth-order valence-electron chi connectivity index (χ4n) is 2.94. The van der Waals surface area contributed by atoms with Crippen molar-refractivity contribution in [3.8, 4) is 11.9 Å². The molecule has 2 heterocycles. The molecule has 30 heavy (non-hydrogen) atoms. The Labute approximate surface area is 172 Å². The summed E-state index contributed by atoms with van der Waals surface area (Å²) in [5, 5.41) is 25.4. The van der Waals surface area contributed by atoms with E-state index in [2.05, 4.69) is 30.6 Å². The fourth-order valence-corrected chi connectivity index (χ4v) is 2.94. The van der Waals surface area contributed by atoms with Crippen molar-refractivity contribution < 1.29 is 18.6 Å². The van der Waals surface area contributed by atoms with Crippen LogP contribution in [0.1, 0.15) is 38.3 Å². The molecule has 1 fully saturated rings. The second-order valence-electron chi connectivity index (χ2n) is 7.90. The first-order valence-electron chi connectivity index (χ1n) is 9.35. The average Bonchev–Trinajstić information content (AvgIpc) is 2.70. The molecule has 0 spiro atoms. The molecule has 0 bridgehead atoms. The molecule has 0 aromatic carbocycles. The minimum Gasteiger partial charge on any atom is -0.471 e. The van der Waals surface area contributed by atoms with Crippen LogP contribution in [-0.4, -0.2) is 49.7 Å². The lowest BCUT2D eigenvalue weighted by atomic mass is 9.64. The fraction of sp³-hybridized carbons (Fsp3) is 0.526. The maximum absolute atomic E-state index is 13.1. The van der Waals surface area contributed by atoms with Crippen molar-refractivity contribution in [2.45, 2.75) is 51.8 Å². The number of aliphatic hydroxyl groups excluding tert-OH is 1. The van der Waals surface area contributed by atoms with Gasteiger partial charge < -0.3 is 20.5 Å². The molecule has 2 aromatic heterocycles. The van der Waals surface area contributed by atoms with Crippen molar-refractivity contribution in [3.05, 3.63) is 29.8 Å². The summed E-state index contributed by atoms with van der Waals surface area (Å²) in [5.74, 6) is -2.37. The maximum Gasteiger partial charge on any atom is 0.278 e. The number of alkyl halides is 2. The molecule has 1 saturated carbocycles. The highest BCUT2D eigenvalue weighted by atomic mass is 19.3. The second-order valence-corrected chi connectivity index (χ2v) is 7.90. The summed E-state index contributed by atoms with van der Waals surface area (Å²) in [5.41, 5.74) is 0.377. The van der Waals surface area contributed by atoms with Crippen LogP contribution in [0.2, 0.25) is 0 Å². The van der Waals surface area contributed by atoms with E-state index in [-0.39, 0.29) is 35.4 Å². The zero-order valence-corrected chi connectivity index (χ0v) is 16.9. The van der Waals surface area contributed by atoms with Gasteiger partial charge in [0.15, 0.2) is 6.61 Å². The third-order valence-corrected chi connectivity index (χ3v) is 5.08. The number of nitrogens with one attached hydrogen (secondary N) is 2. The van der Waals surface area contributed by atoms with Gasteiger partial charge in [0.05, 0.1) is 17.9 Å². The maximum atomic E-state index is 13.1. The Kier molecular flexibility index (Phi) is 5.98. The smallest absolute Gasteiger partial charge is 0.278 e. The van der Waals surface area contributed by atoms with E-state index < -0.39 is 18.6 Å². The van der Waals surface area contributed by atoms with Gasteiger partial charge in [-0.3, -0.25) is 0 Å². The summed E-state index contributed by atoms with van der Waals surface area (Å²) < 4.78 is 31.2. The minimum atomic E-state index is -2.99. The molecule has 9 nitrogen and oxygen atoms in total. The zero-order valence-electron chi connectivity index (χ0n) is 16.9. The third kappa shape index (κ3) is 4.88. The molecule has 0 radical (unpaired) electrons. The van der Waals surface area contributed by atoms with Gasteiger partial charge in [-0.25, -0.2) is 23.7 Å². The number of nitriles is 1. The molecular weight excluding hydrogens is 396 g/mol. The molecule has 160 valence electrons. The van der Waals surface area contributed by atoms with E-state index in [0.29, 0.717) is 17.8 Å². The van der Waals surface area contributed by atoms with Gasteiger partial charge in [-0.1, -0.05) is 13.8 Å². The number of hydrogen-bond donors (Lipinski definition) is 3. The lowest BCUT2D eigenvalue weighted by Gasteiger charge is -2.49. The van der Waals surface area contributed by atoms with Gasteiger partial charge in [-0.15, -0.1) is 0 Å². The summed E-state index contributed by atoms with van der Waals surface area (Å²) in [6, 6.07) is 2.00. The van der Waals surface area contributed by atoms with E-state index in [1.54, 1.807) is 0 Å². The SMILES string of the molecule is CC(F)(F)COc1ncncc1CNc1ncc(C#N)c(NC2C[C@H](O)C2(C)C)n1. The number of ether oxygens (including phenoxy) is 1. The van der Waals surface area contributed by atoms with Crippen LogP contribution in [0.15, 0.2) is 18.7 Å². The standard InChI is InChI=1S/C19H23F2N7O2/c1-18(2)13(4-14(18)29)27-15-11(5-22)7-24-17(28-15)25-8-12-6-23-10-26-16(12)30-9-19(3,20)21/h6-7,10,13-14,29H,4,8-9H2,1-3H3,(H2,24,25,27,28)/t13?,14-/m0/s1. The number of aromatic nitrogens is 4. The largest absolute Gasteiger partial charge is 0.471 e. The third-order valence-electron chi connectivity index (χ3n) is 5.08. The van der Waals surface area contributed by atoms with E-state index >= 15 is 0 Å². The van der Waals surface area contributed by atoms with Crippen molar-refractivity contribution in [2.75, 3.05) is 17.2 Å². The van der Waals surface area contributed by atoms with Crippen LogP contribution in [0.25, 0.3) is 0 Å². The summed E-state index contributed by atoms with van der Waals surface area (Å²) in [7, 11) is 0. The predicted molar refractivity (Wildman–Crippen MR) is 104 cm³/mol. The van der Waals surface area contributed by atoms with Gasteiger partial charge in [-0.2, -0.15) is 10.2 Å². The Morgan fingerprint density at radius 2 is 2.13 bits per heavy atom. The van der Waals surface area contributed by atoms with Gasteiger partial charge in [0.25, 0.3) is 5.92 Å². The van der Waals surface area contributed by atoms with Crippen LogP contribution < -0.4 is 15.4 Å². The molecule has 11 heteroatoms. The summed E-state index contributed by atoms with van der Waals surface area (Å²) in [6.45, 7) is 3.95. The highest BCUT2D eigenvalue weighted by molar-refractivity contribution is 5.54. The highest BCUT2D eigenvalue weighted by Gasteiger charge is 2.47. The Balaban J connectivity index is 1.70. The normalized spacial score (nSPS) is 20.0. The van der Waals surface area contributed by atoms with E-state index in [1.807, 2.05) is 19.9 Å². The predicted octanol–water partition coefficient (Wildman–Crippen LogP) is 2.36. The lowest BCUT2D eigenvalue weighted by Crippen LogP contribution is -2.57. The highest BCUT2D eigenvalue weighted by Crippen LogP contribution is 2.42. The quantitative estimate of drug-likeness (QED) is 0.590. The molecule has 2 aromatic rings. The van der Waals surface area contributed by atoms with Gasteiger partial charge in [0.2, 0.25) is 11.8 Å². The van der Waals surface area contributed by atoms with Crippen molar-refractivity contribution in [2.24, 2.45) is 5.41 Å². The van der Waals surface area contributed by atoms with Crippen molar-refractivity contribution in [1.29, 1.82) is 5.26 Å². The second kappa shape index (κ2) is 8.31. The Hall–Kier alpha value is -3.13. The van der Waals surface area contributed by atoms with Gasteiger partial charge in [0, 0.05) is 31.1 Å². The first kappa shape index (κ1) is 21.6. The number of hydrogen-bond acceptors (Lipinski definition) is 9. The first-order valence-corrected chi connectivity index (χ1v) is 9.35. The summed E-state index contributed by atoms with van der Waals surface area (Å²) in [6.07, 6.45) is 4.17. The van der Waals surface area contributed by atoms with Gasteiger partial charge >= 0.3 is 0 Å². The Morgan fingerprint density at radius 3 is 2.77 bits per heavy atom. The average molecular weight is 419 g/mol. The van der Waals surface area contributed by atoms with E-state index in [1.165, 1.54) is 18.7 Å². The van der Waals surface area contributed by atoms with Crippen LogP contribution in [-0.2, 0) is 6.54 Å². The van der Waals surface area contributed by atoms with Crippen molar-refractivity contribution in [3.63, 3.8) is 0 Å². The molecule has 1 unspecified atom stereocenters. The van der Waals surface area contributed by atoms with Crippen LogP contribution in [0, 0.1) is 16.7 Å². The number of nitrogens with zero attached hydrogens (tertiary/aromatic N) is 5. The number of rotatable bonds is 8. The Bertz CT molecular complexity index is 943. The monoisotopic (exact) mass is 419 g/mol. The van der Waals surface area contributed by atoms with E-state index in [0.717, 1.165) is 6.92 Å². The molecule has 2 atom stereocenters. The number of anilines is 2. The van der Waals surface area contributed by atoms with E-state index in [4.69, 9.17) is 4.74 Å². The molecule has 3 rings (SSSR count). The van der Waals surface area contributed by atoms with E-state index in [9.17, 15) is 19.1 Å². The molecule has 0 amide bonds. The topological polar surface area (TPSA) is 129 Å². The summed E-state index contributed by atoms with van der Waals surface area (Å²) in [4.78, 5) is 16.2.